The van der Waals surface area contributed by atoms with E-state index in [0.29, 0.717) is 0 Å². The highest BCUT2D eigenvalue weighted by Crippen LogP contribution is 2.34. The summed E-state index contributed by atoms with van der Waals surface area (Å²) < 4.78 is 9.09. The van der Waals surface area contributed by atoms with Crippen LogP contribution in [0.5, 0.6) is 0 Å². The van der Waals surface area contributed by atoms with Gasteiger partial charge in [0.2, 0.25) is 0 Å². The van der Waals surface area contributed by atoms with E-state index in [1.54, 1.807) is 0 Å². The smallest absolute Gasteiger partial charge is 0.182 e. The molecule has 0 saturated heterocycles. The van der Waals surface area contributed by atoms with Gasteiger partial charge in [0.15, 0.2) is 5.88 Å². The van der Waals surface area contributed by atoms with Crippen LogP contribution in [0.15, 0.2) is 17.1 Å². The lowest BCUT2D eigenvalue weighted by Crippen LogP contribution is -2.34. The number of halogens is 1. The first-order valence-corrected chi connectivity index (χ1v) is 8.50. The predicted octanol–water partition coefficient (Wildman–Crippen LogP) is 3.70. The van der Waals surface area contributed by atoms with Crippen molar-refractivity contribution in [1.29, 1.82) is 0 Å². The number of hydrogen-bond donors (Lipinski definition) is 0. The third-order valence-electron chi connectivity index (χ3n) is 3.99. The second-order valence-electron chi connectivity index (χ2n) is 7.12. The fraction of sp³-hybridized carbons (Fsp3) is 0.688. The molecule has 0 amide bonds. The average molecular weight is 354 g/mol. The zero-order valence-corrected chi connectivity index (χ0v) is 14.7. The van der Waals surface area contributed by atoms with Crippen molar-refractivity contribution < 1.29 is 4.74 Å². The number of hydrogen-bond acceptors (Lipinski definition) is 3. The number of aromatic nitrogens is 2. The van der Waals surface area contributed by atoms with Gasteiger partial charge in [0.05, 0.1) is 6.54 Å². The average Bonchev–Trinajstić information content (AvgIpc) is 3.13. The summed E-state index contributed by atoms with van der Waals surface area (Å²) in [6.45, 7) is 13.1. The third-order valence-corrected chi connectivity index (χ3v) is 4.63. The largest absolute Gasteiger partial charge is 0.474 e. The fourth-order valence-corrected chi connectivity index (χ4v) is 3.32. The van der Waals surface area contributed by atoms with E-state index in [2.05, 4.69) is 58.0 Å². The summed E-state index contributed by atoms with van der Waals surface area (Å²) in [6, 6.07) is 0. The Bertz CT molecular complexity index is 555. The van der Waals surface area contributed by atoms with Gasteiger partial charge in [0, 0.05) is 30.8 Å². The predicted molar refractivity (Wildman–Crippen MR) is 86.7 cm³/mol. The van der Waals surface area contributed by atoms with Crippen molar-refractivity contribution in [1.82, 2.24) is 14.7 Å². The molecule has 0 bridgehead atoms. The van der Waals surface area contributed by atoms with Gasteiger partial charge in [-0.3, -0.25) is 4.68 Å². The minimum Gasteiger partial charge on any atom is -0.474 e. The zero-order valence-electron chi connectivity index (χ0n) is 13.2. The molecule has 5 heteroatoms. The molecule has 1 fully saturated rings. The van der Waals surface area contributed by atoms with E-state index in [1.165, 1.54) is 24.1 Å². The van der Waals surface area contributed by atoms with Crippen LogP contribution in [0.25, 0.3) is 0 Å². The Morgan fingerprint density at radius 1 is 1.43 bits per heavy atom. The first kappa shape index (κ1) is 14.9. The molecule has 1 aromatic rings. The van der Waals surface area contributed by atoms with Crippen LogP contribution in [0, 0.1) is 5.92 Å². The Kier molecular flexibility index (Phi) is 3.80. The van der Waals surface area contributed by atoms with Crippen LogP contribution in [0.1, 0.15) is 44.9 Å². The van der Waals surface area contributed by atoms with E-state index in [1.807, 2.05) is 0 Å². The highest BCUT2D eigenvalue weighted by Gasteiger charge is 2.29. The van der Waals surface area contributed by atoms with Gasteiger partial charge in [-0.25, -0.2) is 0 Å². The van der Waals surface area contributed by atoms with Gasteiger partial charge in [0.1, 0.15) is 10.2 Å². The van der Waals surface area contributed by atoms with E-state index in [-0.39, 0.29) is 5.60 Å². The topological polar surface area (TPSA) is 30.3 Å². The van der Waals surface area contributed by atoms with E-state index in [0.717, 1.165) is 42.5 Å². The lowest BCUT2D eigenvalue weighted by molar-refractivity contribution is -0.000925. The van der Waals surface area contributed by atoms with Crippen LogP contribution in [0.2, 0.25) is 0 Å². The lowest BCUT2D eigenvalue weighted by Gasteiger charge is -2.34. The van der Waals surface area contributed by atoms with E-state index >= 15 is 0 Å². The summed E-state index contributed by atoms with van der Waals surface area (Å²) in [5.74, 6) is 1.60. The standard InChI is InChI=1S/C16H24BrN3O/c1-11(21-16(2,3)4)19-8-7-14-13(10-19)15(17)18-20(14)9-12-5-6-12/h12H,1,5-10H2,2-4H3. The maximum atomic E-state index is 5.90. The molecular formula is C16H24BrN3O. The molecular weight excluding hydrogens is 330 g/mol. The van der Waals surface area contributed by atoms with Gasteiger partial charge in [-0.15, -0.1) is 0 Å². The minimum absolute atomic E-state index is 0.204. The van der Waals surface area contributed by atoms with Crippen LogP contribution >= 0.6 is 15.9 Å². The molecule has 0 unspecified atom stereocenters. The van der Waals surface area contributed by atoms with Gasteiger partial charge in [0.25, 0.3) is 0 Å². The number of ether oxygens (including phenoxy) is 1. The second kappa shape index (κ2) is 5.34. The maximum Gasteiger partial charge on any atom is 0.182 e. The number of rotatable bonds is 4. The molecule has 0 aromatic carbocycles. The highest BCUT2D eigenvalue weighted by atomic mass is 79.9. The Labute approximate surface area is 135 Å². The van der Waals surface area contributed by atoms with Gasteiger partial charge in [-0.2, -0.15) is 5.10 Å². The van der Waals surface area contributed by atoms with Crippen LogP contribution < -0.4 is 0 Å². The molecule has 1 aliphatic heterocycles. The summed E-state index contributed by atoms with van der Waals surface area (Å²) in [6.07, 6.45) is 3.72. The Balaban J connectivity index is 1.73. The molecule has 116 valence electrons. The van der Waals surface area contributed by atoms with Crippen molar-refractivity contribution in [3.8, 4) is 0 Å². The van der Waals surface area contributed by atoms with Crippen LogP contribution in [-0.4, -0.2) is 26.8 Å². The summed E-state index contributed by atoms with van der Waals surface area (Å²) in [5, 5.41) is 4.68. The molecule has 0 N–H and O–H groups in total. The molecule has 0 radical (unpaired) electrons. The normalized spacial score (nSPS) is 18.6. The first-order valence-electron chi connectivity index (χ1n) is 7.70. The van der Waals surface area contributed by atoms with Gasteiger partial charge >= 0.3 is 0 Å². The first-order chi connectivity index (χ1) is 9.83. The summed E-state index contributed by atoms with van der Waals surface area (Å²) in [4.78, 5) is 2.21. The van der Waals surface area contributed by atoms with Crippen molar-refractivity contribution in [3.05, 3.63) is 28.3 Å². The van der Waals surface area contributed by atoms with Crippen LogP contribution in [-0.2, 0) is 24.2 Å². The Morgan fingerprint density at radius 3 is 2.76 bits per heavy atom. The van der Waals surface area contributed by atoms with Crippen LogP contribution in [0.3, 0.4) is 0 Å². The van der Waals surface area contributed by atoms with Crippen molar-refractivity contribution >= 4 is 15.9 Å². The molecule has 2 aliphatic rings. The van der Waals surface area contributed by atoms with Gasteiger partial charge < -0.3 is 9.64 Å². The lowest BCUT2D eigenvalue weighted by atomic mass is 10.1. The molecule has 21 heavy (non-hydrogen) atoms. The van der Waals surface area contributed by atoms with Crippen molar-refractivity contribution in [2.24, 2.45) is 5.92 Å². The molecule has 2 heterocycles. The Hall–Kier alpha value is -0.970. The molecule has 0 spiro atoms. The van der Waals surface area contributed by atoms with E-state index < -0.39 is 0 Å². The molecule has 4 nitrogen and oxygen atoms in total. The van der Waals surface area contributed by atoms with Crippen molar-refractivity contribution in [2.45, 2.75) is 58.7 Å². The zero-order chi connectivity index (χ0) is 15.2. The second-order valence-corrected chi connectivity index (χ2v) is 7.87. The van der Waals surface area contributed by atoms with Crippen LogP contribution in [0.4, 0.5) is 0 Å². The van der Waals surface area contributed by atoms with E-state index in [4.69, 9.17) is 4.74 Å². The quantitative estimate of drug-likeness (QED) is 0.773. The van der Waals surface area contributed by atoms with Crippen molar-refractivity contribution in [3.63, 3.8) is 0 Å². The highest BCUT2D eigenvalue weighted by molar-refractivity contribution is 9.10. The fourth-order valence-electron chi connectivity index (χ4n) is 2.78. The van der Waals surface area contributed by atoms with Gasteiger partial charge in [-0.1, -0.05) is 0 Å². The third kappa shape index (κ3) is 3.44. The van der Waals surface area contributed by atoms with Gasteiger partial charge in [-0.05, 0) is 62.0 Å². The molecule has 0 atom stereocenters. The number of fused-ring (bicyclic) bond motifs is 1. The SMILES string of the molecule is C=C(OC(C)(C)C)N1CCc2c(c(Br)nn2CC2CC2)C1. The summed E-state index contributed by atoms with van der Waals surface area (Å²) in [7, 11) is 0. The van der Waals surface area contributed by atoms with E-state index in [9.17, 15) is 0 Å². The monoisotopic (exact) mass is 353 g/mol. The van der Waals surface area contributed by atoms with Crippen molar-refractivity contribution in [2.75, 3.05) is 6.54 Å². The molecule has 1 aliphatic carbocycles. The molecule has 1 aromatic heterocycles. The molecule has 1 saturated carbocycles. The Morgan fingerprint density at radius 2 is 2.14 bits per heavy atom. The number of nitrogens with zero attached hydrogens (tertiary/aromatic N) is 3. The summed E-state index contributed by atoms with van der Waals surface area (Å²) in [5.41, 5.74) is 2.47. The summed E-state index contributed by atoms with van der Waals surface area (Å²) >= 11 is 3.62. The minimum atomic E-state index is -0.204. The maximum absolute atomic E-state index is 5.90. The molecule has 3 rings (SSSR count).